The molecule has 5 heteroatoms. The van der Waals surface area contributed by atoms with Gasteiger partial charge in [0.1, 0.15) is 11.7 Å². The molecule has 4 aliphatic rings. The van der Waals surface area contributed by atoms with Gasteiger partial charge in [-0.05, 0) is 38.8 Å². The van der Waals surface area contributed by atoms with Crippen molar-refractivity contribution in [2.24, 2.45) is 5.41 Å². The molecule has 0 radical (unpaired) electrons. The molecule has 20 heavy (non-hydrogen) atoms. The van der Waals surface area contributed by atoms with Gasteiger partial charge in [0, 0.05) is 12.3 Å². The summed E-state index contributed by atoms with van der Waals surface area (Å²) in [6.45, 7) is 9.42. The second kappa shape index (κ2) is 3.84. The third kappa shape index (κ3) is 1.57. The molecule has 1 aliphatic carbocycles. The minimum absolute atomic E-state index is 0.184. The standard InChI is InChI=1S/C15H22O5/c1-10(16)17-11-6-7-12(2,3)15-9-8-13(4,19-20-15)18-14(11,15)5/h8-9,11H,6-7H2,1-5H3/t11?,13-,14+,15-/m1/s1. The summed E-state index contributed by atoms with van der Waals surface area (Å²) in [6, 6.07) is 0. The Hall–Kier alpha value is -0.910. The van der Waals surface area contributed by atoms with E-state index in [-0.39, 0.29) is 17.5 Å². The summed E-state index contributed by atoms with van der Waals surface area (Å²) in [5, 5.41) is 0. The largest absolute Gasteiger partial charge is 0.459 e. The van der Waals surface area contributed by atoms with E-state index in [1.807, 2.05) is 19.1 Å². The summed E-state index contributed by atoms with van der Waals surface area (Å²) in [7, 11) is 0. The third-order valence-electron chi connectivity index (χ3n) is 5.07. The number of fused-ring (bicyclic) bond motifs is 1. The first-order valence-electron chi connectivity index (χ1n) is 7.09. The van der Waals surface area contributed by atoms with Crippen LogP contribution in [0.15, 0.2) is 12.2 Å². The van der Waals surface area contributed by atoms with Gasteiger partial charge in [0.05, 0.1) is 0 Å². The third-order valence-corrected chi connectivity index (χ3v) is 5.07. The van der Waals surface area contributed by atoms with Gasteiger partial charge in [0.15, 0.2) is 5.60 Å². The lowest BCUT2D eigenvalue weighted by Crippen LogP contribution is -2.77. The van der Waals surface area contributed by atoms with Gasteiger partial charge in [-0.3, -0.25) is 4.79 Å². The Labute approximate surface area is 119 Å². The Morgan fingerprint density at radius 3 is 2.45 bits per heavy atom. The number of carbonyl (C=O) groups excluding carboxylic acids is 1. The van der Waals surface area contributed by atoms with Crippen LogP contribution in [0.4, 0.5) is 0 Å². The highest BCUT2D eigenvalue weighted by molar-refractivity contribution is 5.66. The van der Waals surface area contributed by atoms with E-state index in [0.717, 1.165) is 12.8 Å². The fraction of sp³-hybridized carbons (Fsp3) is 0.800. The van der Waals surface area contributed by atoms with Crippen LogP contribution in [-0.2, 0) is 24.0 Å². The molecule has 1 saturated carbocycles. The molecule has 0 N–H and O–H groups in total. The molecule has 4 rings (SSSR count). The van der Waals surface area contributed by atoms with Crippen molar-refractivity contribution < 1.29 is 24.0 Å². The Balaban J connectivity index is 2.10. The number of hydrogen-bond donors (Lipinski definition) is 0. The Kier molecular flexibility index (Phi) is 2.70. The van der Waals surface area contributed by atoms with Crippen molar-refractivity contribution in [2.45, 2.75) is 70.6 Å². The maximum Gasteiger partial charge on any atom is 0.303 e. The fourth-order valence-electron chi connectivity index (χ4n) is 3.91. The summed E-state index contributed by atoms with van der Waals surface area (Å²) in [5.41, 5.74) is -1.70. The number of hydrogen-bond acceptors (Lipinski definition) is 5. The van der Waals surface area contributed by atoms with Gasteiger partial charge in [-0.1, -0.05) is 13.8 Å². The maximum absolute atomic E-state index is 11.4. The first-order valence-corrected chi connectivity index (χ1v) is 7.09. The van der Waals surface area contributed by atoms with Crippen LogP contribution in [0.2, 0.25) is 0 Å². The Morgan fingerprint density at radius 2 is 1.90 bits per heavy atom. The Bertz CT molecular complexity index is 485. The summed E-state index contributed by atoms with van der Waals surface area (Å²) < 4.78 is 11.7. The molecule has 4 atom stereocenters. The normalized spacial score (nSPS) is 48.8. The van der Waals surface area contributed by atoms with E-state index >= 15 is 0 Å². The summed E-state index contributed by atoms with van der Waals surface area (Å²) >= 11 is 0. The van der Waals surface area contributed by atoms with Crippen LogP contribution in [0, 0.1) is 5.41 Å². The molecule has 3 aliphatic heterocycles. The lowest BCUT2D eigenvalue weighted by molar-refractivity contribution is -0.555. The molecule has 0 aromatic heterocycles. The number of carbonyl (C=O) groups is 1. The highest BCUT2D eigenvalue weighted by Gasteiger charge is 2.72. The molecule has 0 amide bonds. The van der Waals surface area contributed by atoms with Crippen molar-refractivity contribution in [2.75, 3.05) is 0 Å². The van der Waals surface area contributed by atoms with Crippen molar-refractivity contribution in [1.82, 2.24) is 0 Å². The minimum Gasteiger partial charge on any atom is -0.459 e. The van der Waals surface area contributed by atoms with Crippen LogP contribution < -0.4 is 0 Å². The average Bonchev–Trinajstić information content (AvgIpc) is 2.32. The van der Waals surface area contributed by atoms with Gasteiger partial charge in [-0.2, -0.15) is 4.89 Å². The van der Waals surface area contributed by atoms with Crippen molar-refractivity contribution >= 4 is 5.97 Å². The van der Waals surface area contributed by atoms with Crippen molar-refractivity contribution in [3.8, 4) is 0 Å². The second-order valence-corrected chi connectivity index (χ2v) is 6.98. The lowest BCUT2D eigenvalue weighted by atomic mass is 9.56. The zero-order chi connectivity index (χ0) is 14.8. The maximum atomic E-state index is 11.4. The zero-order valence-corrected chi connectivity index (χ0v) is 12.7. The lowest BCUT2D eigenvalue weighted by Gasteiger charge is -2.65. The van der Waals surface area contributed by atoms with Crippen LogP contribution in [0.5, 0.6) is 0 Å². The van der Waals surface area contributed by atoms with E-state index < -0.39 is 17.0 Å². The molecule has 3 heterocycles. The first-order chi connectivity index (χ1) is 9.14. The molecule has 2 fully saturated rings. The van der Waals surface area contributed by atoms with E-state index in [1.54, 1.807) is 6.92 Å². The summed E-state index contributed by atoms with van der Waals surface area (Å²) in [6.07, 6.45) is 5.17. The molecular weight excluding hydrogens is 260 g/mol. The van der Waals surface area contributed by atoms with E-state index in [0.29, 0.717) is 0 Å². The van der Waals surface area contributed by atoms with Gasteiger partial charge in [-0.25, -0.2) is 4.89 Å². The van der Waals surface area contributed by atoms with E-state index in [4.69, 9.17) is 19.2 Å². The molecule has 5 nitrogen and oxygen atoms in total. The van der Waals surface area contributed by atoms with E-state index in [9.17, 15) is 4.79 Å². The molecule has 2 bridgehead atoms. The number of rotatable bonds is 1. The monoisotopic (exact) mass is 282 g/mol. The molecule has 0 aromatic rings. The fourth-order valence-corrected chi connectivity index (χ4v) is 3.91. The number of ether oxygens (including phenoxy) is 2. The molecule has 1 spiro atoms. The van der Waals surface area contributed by atoms with Crippen LogP contribution in [-0.4, -0.2) is 29.1 Å². The SMILES string of the molecule is CC(=O)OC1CCC(C)(C)[C@@]23C=C[C@@](C)(OO2)O[C@@]13C. The van der Waals surface area contributed by atoms with Crippen molar-refractivity contribution in [3.05, 3.63) is 12.2 Å². The quantitative estimate of drug-likeness (QED) is 0.420. The minimum atomic E-state index is -0.928. The first kappa shape index (κ1) is 14.0. The van der Waals surface area contributed by atoms with Crippen LogP contribution in [0.1, 0.15) is 47.5 Å². The molecule has 0 aromatic carbocycles. The highest BCUT2D eigenvalue weighted by Crippen LogP contribution is 2.60. The van der Waals surface area contributed by atoms with Crippen LogP contribution in [0.25, 0.3) is 0 Å². The summed E-state index contributed by atoms with van der Waals surface area (Å²) in [5.74, 6) is -1.23. The van der Waals surface area contributed by atoms with Gasteiger partial charge < -0.3 is 9.47 Å². The molecular formula is C15H22O5. The van der Waals surface area contributed by atoms with Gasteiger partial charge >= 0.3 is 5.97 Å². The molecule has 112 valence electrons. The van der Waals surface area contributed by atoms with E-state index in [1.165, 1.54) is 6.92 Å². The Morgan fingerprint density at radius 1 is 1.20 bits per heavy atom. The van der Waals surface area contributed by atoms with E-state index in [2.05, 4.69) is 13.8 Å². The smallest absolute Gasteiger partial charge is 0.303 e. The van der Waals surface area contributed by atoms with Gasteiger partial charge in [-0.15, -0.1) is 0 Å². The number of esters is 1. The van der Waals surface area contributed by atoms with Gasteiger partial charge in [0.2, 0.25) is 5.79 Å². The second-order valence-electron chi connectivity index (χ2n) is 6.98. The predicted octanol–water partition coefficient (Wildman–Crippen LogP) is 2.50. The van der Waals surface area contributed by atoms with Crippen LogP contribution in [0.3, 0.4) is 0 Å². The molecule has 1 saturated heterocycles. The van der Waals surface area contributed by atoms with Crippen molar-refractivity contribution in [3.63, 3.8) is 0 Å². The zero-order valence-electron chi connectivity index (χ0n) is 12.7. The topological polar surface area (TPSA) is 54.0 Å². The highest BCUT2D eigenvalue weighted by atomic mass is 17.3. The summed E-state index contributed by atoms with van der Waals surface area (Å²) in [4.78, 5) is 22.6. The predicted molar refractivity (Wildman–Crippen MR) is 70.5 cm³/mol. The molecule has 1 unspecified atom stereocenters. The van der Waals surface area contributed by atoms with Gasteiger partial charge in [0.25, 0.3) is 0 Å². The van der Waals surface area contributed by atoms with Crippen molar-refractivity contribution in [1.29, 1.82) is 0 Å². The average molecular weight is 282 g/mol. The van der Waals surface area contributed by atoms with Crippen LogP contribution >= 0.6 is 0 Å².